The van der Waals surface area contributed by atoms with Crippen molar-refractivity contribution in [2.75, 3.05) is 37.5 Å². The van der Waals surface area contributed by atoms with Crippen molar-refractivity contribution in [2.45, 2.75) is 11.8 Å². The van der Waals surface area contributed by atoms with E-state index in [0.29, 0.717) is 23.1 Å². The number of nitrogens with zero attached hydrogens (tertiary/aromatic N) is 2. The second-order valence-electron chi connectivity index (χ2n) is 7.72. The van der Waals surface area contributed by atoms with Crippen molar-refractivity contribution in [3.05, 3.63) is 59.7 Å². The first kappa shape index (κ1) is 21.6. The Morgan fingerprint density at radius 2 is 1.55 bits per heavy atom. The van der Waals surface area contributed by atoms with E-state index in [4.69, 9.17) is 0 Å². The first-order chi connectivity index (χ1) is 13.4. The van der Waals surface area contributed by atoms with Gasteiger partial charge in [0.25, 0.3) is 15.9 Å². The Hall–Kier alpha value is -2.09. The molecular formula is C21H26ClN3O3S. The molecule has 1 amide bonds. The van der Waals surface area contributed by atoms with Crippen molar-refractivity contribution in [2.24, 2.45) is 11.8 Å². The Balaban J connectivity index is 0.00000240. The number of carbonyl (C=O) groups excluding carboxylic acids is 1. The van der Waals surface area contributed by atoms with Crippen LogP contribution in [0.4, 0.5) is 5.69 Å². The second kappa shape index (κ2) is 8.34. The molecular weight excluding hydrogens is 410 g/mol. The van der Waals surface area contributed by atoms with E-state index in [9.17, 15) is 13.2 Å². The smallest absolute Gasteiger partial charge is 0.264 e. The third-order valence-corrected chi connectivity index (χ3v) is 7.63. The Kier molecular flexibility index (Phi) is 6.22. The molecule has 2 aromatic carbocycles. The topological polar surface area (TPSA) is 69.7 Å². The molecule has 2 aliphatic rings. The Labute approximate surface area is 178 Å². The predicted molar refractivity (Wildman–Crippen MR) is 116 cm³/mol. The molecule has 8 heteroatoms. The molecule has 0 saturated carbocycles. The third-order valence-electron chi connectivity index (χ3n) is 5.83. The van der Waals surface area contributed by atoms with Crippen LogP contribution in [0.2, 0.25) is 0 Å². The van der Waals surface area contributed by atoms with Crippen molar-refractivity contribution in [1.29, 1.82) is 0 Å². The van der Waals surface area contributed by atoms with E-state index >= 15 is 0 Å². The number of amides is 1. The minimum Gasteiger partial charge on any atom is -0.338 e. The predicted octanol–water partition coefficient (Wildman–Crippen LogP) is 2.53. The molecule has 6 nitrogen and oxygen atoms in total. The van der Waals surface area contributed by atoms with Gasteiger partial charge in [0.1, 0.15) is 0 Å². The maximum absolute atomic E-state index is 12.8. The van der Waals surface area contributed by atoms with Gasteiger partial charge in [0.15, 0.2) is 0 Å². The number of fused-ring (bicyclic) bond motifs is 1. The maximum Gasteiger partial charge on any atom is 0.264 e. The van der Waals surface area contributed by atoms with E-state index in [1.807, 2.05) is 11.8 Å². The van der Waals surface area contributed by atoms with Gasteiger partial charge in [0, 0.05) is 38.8 Å². The number of benzene rings is 2. The van der Waals surface area contributed by atoms with Crippen LogP contribution in [-0.4, -0.2) is 52.5 Å². The van der Waals surface area contributed by atoms with Crippen molar-refractivity contribution < 1.29 is 13.2 Å². The highest BCUT2D eigenvalue weighted by Gasteiger charge is 2.38. The van der Waals surface area contributed by atoms with E-state index < -0.39 is 10.0 Å². The summed E-state index contributed by atoms with van der Waals surface area (Å²) in [5.41, 5.74) is 2.13. The van der Waals surface area contributed by atoms with E-state index in [-0.39, 0.29) is 23.2 Å². The molecule has 0 bridgehead atoms. The Bertz CT molecular complexity index is 965. The number of aryl methyl sites for hydroxylation is 1. The lowest BCUT2D eigenvalue weighted by Crippen LogP contribution is -2.32. The summed E-state index contributed by atoms with van der Waals surface area (Å²) in [4.78, 5) is 14.9. The number of halogens is 1. The molecule has 29 heavy (non-hydrogen) atoms. The lowest BCUT2D eigenvalue weighted by molar-refractivity contribution is 0.0781. The molecule has 2 heterocycles. The highest BCUT2D eigenvalue weighted by Crippen LogP contribution is 2.28. The second-order valence-corrected chi connectivity index (χ2v) is 9.69. The highest BCUT2D eigenvalue weighted by atomic mass is 35.5. The van der Waals surface area contributed by atoms with Crippen LogP contribution in [0.3, 0.4) is 0 Å². The van der Waals surface area contributed by atoms with Gasteiger partial charge in [-0.15, -0.1) is 12.4 Å². The van der Waals surface area contributed by atoms with Crippen LogP contribution < -0.4 is 9.62 Å². The van der Waals surface area contributed by atoms with Gasteiger partial charge in [0.05, 0.1) is 10.6 Å². The fourth-order valence-electron chi connectivity index (χ4n) is 4.02. The summed E-state index contributed by atoms with van der Waals surface area (Å²) in [6.45, 7) is 5.46. The first-order valence-electron chi connectivity index (χ1n) is 9.52. The summed E-state index contributed by atoms with van der Waals surface area (Å²) < 4.78 is 26.9. The SMILES string of the molecule is Cc1ccc(S(=O)(=O)N(C)c2ccc(C(=O)N3C[C@H]4CNC[C@H]4C3)cc2)cc1.Cl. The molecule has 2 atom stereocenters. The molecule has 2 fully saturated rings. The normalized spacial score (nSPS) is 20.8. The zero-order chi connectivity index (χ0) is 19.9. The van der Waals surface area contributed by atoms with Crippen LogP contribution in [0.1, 0.15) is 15.9 Å². The number of likely N-dealkylation sites (tertiary alicyclic amines) is 1. The molecule has 1 N–H and O–H groups in total. The van der Waals surface area contributed by atoms with Crippen molar-refractivity contribution in [3.8, 4) is 0 Å². The number of carbonyl (C=O) groups is 1. The monoisotopic (exact) mass is 435 g/mol. The molecule has 0 spiro atoms. The summed E-state index contributed by atoms with van der Waals surface area (Å²) in [7, 11) is -2.11. The number of nitrogens with one attached hydrogen (secondary N) is 1. The van der Waals surface area contributed by atoms with E-state index in [0.717, 1.165) is 31.7 Å². The van der Waals surface area contributed by atoms with Gasteiger partial charge < -0.3 is 10.2 Å². The zero-order valence-corrected chi connectivity index (χ0v) is 18.2. The number of sulfonamides is 1. The van der Waals surface area contributed by atoms with Crippen LogP contribution in [0.15, 0.2) is 53.4 Å². The molecule has 156 valence electrons. The molecule has 2 saturated heterocycles. The Morgan fingerprint density at radius 3 is 2.10 bits per heavy atom. The van der Waals surface area contributed by atoms with Gasteiger partial charge in [-0.25, -0.2) is 8.42 Å². The van der Waals surface area contributed by atoms with Gasteiger partial charge in [0.2, 0.25) is 0 Å². The van der Waals surface area contributed by atoms with Gasteiger partial charge in [-0.1, -0.05) is 17.7 Å². The number of anilines is 1. The average Bonchev–Trinajstić information content (AvgIpc) is 3.29. The summed E-state index contributed by atoms with van der Waals surface area (Å²) in [5, 5.41) is 3.37. The lowest BCUT2D eigenvalue weighted by Gasteiger charge is -2.21. The average molecular weight is 436 g/mol. The largest absolute Gasteiger partial charge is 0.338 e. The number of rotatable bonds is 4. The summed E-state index contributed by atoms with van der Waals surface area (Å²) in [5.74, 6) is 1.12. The molecule has 0 unspecified atom stereocenters. The van der Waals surface area contributed by atoms with Gasteiger partial charge in [-0.3, -0.25) is 9.10 Å². The van der Waals surface area contributed by atoms with E-state index in [1.165, 1.54) is 11.4 Å². The zero-order valence-electron chi connectivity index (χ0n) is 16.5. The number of hydrogen-bond acceptors (Lipinski definition) is 4. The minimum absolute atomic E-state index is 0. The molecule has 2 aromatic rings. The molecule has 4 rings (SSSR count). The van der Waals surface area contributed by atoms with Crippen molar-refractivity contribution in [1.82, 2.24) is 10.2 Å². The van der Waals surface area contributed by atoms with Crippen LogP contribution in [0.25, 0.3) is 0 Å². The fraction of sp³-hybridized carbons (Fsp3) is 0.381. The maximum atomic E-state index is 12.8. The fourth-order valence-corrected chi connectivity index (χ4v) is 5.22. The van der Waals surface area contributed by atoms with Crippen LogP contribution in [0, 0.1) is 18.8 Å². The summed E-state index contributed by atoms with van der Waals surface area (Å²) >= 11 is 0. The Morgan fingerprint density at radius 1 is 1.00 bits per heavy atom. The molecule has 2 aliphatic heterocycles. The summed E-state index contributed by atoms with van der Waals surface area (Å²) in [6.07, 6.45) is 0. The van der Waals surface area contributed by atoms with Gasteiger partial charge in [-0.2, -0.15) is 0 Å². The number of hydrogen-bond donors (Lipinski definition) is 1. The van der Waals surface area contributed by atoms with Crippen LogP contribution in [0.5, 0.6) is 0 Å². The molecule has 0 aliphatic carbocycles. The van der Waals surface area contributed by atoms with Gasteiger partial charge >= 0.3 is 0 Å². The summed E-state index contributed by atoms with van der Waals surface area (Å²) in [6, 6.07) is 13.6. The van der Waals surface area contributed by atoms with Crippen LogP contribution >= 0.6 is 12.4 Å². The van der Waals surface area contributed by atoms with E-state index in [1.54, 1.807) is 48.5 Å². The minimum atomic E-state index is -3.64. The quantitative estimate of drug-likeness (QED) is 0.801. The molecule has 0 aromatic heterocycles. The third kappa shape index (κ3) is 4.13. The van der Waals surface area contributed by atoms with Crippen LogP contribution in [-0.2, 0) is 10.0 Å². The van der Waals surface area contributed by atoms with Crippen molar-refractivity contribution in [3.63, 3.8) is 0 Å². The first-order valence-corrected chi connectivity index (χ1v) is 11.0. The van der Waals surface area contributed by atoms with Gasteiger partial charge in [-0.05, 0) is 55.2 Å². The van der Waals surface area contributed by atoms with Crippen molar-refractivity contribution >= 4 is 34.0 Å². The lowest BCUT2D eigenvalue weighted by atomic mass is 10.0. The molecule has 0 radical (unpaired) electrons. The van der Waals surface area contributed by atoms with E-state index in [2.05, 4.69) is 5.32 Å². The highest BCUT2D eigenvalue weighted by molar-refractivity contribution is 7.92. The standard InChI is InChI=1S/C21H25N3O3S.ClH/c1-15-3-9-20(10-4-15)28(26,27)23(2)19-7-5-16(6-8-19)21(25)24-13-17-11-22-12-18(17)14-24;/h3-10,17-18,22H,11-14H2,1-2H3;1H/t17-,18+;.